The maximum absolute atomic E-state index is 12.4. The number of benzene rings is 1. The molecule has 1 unspecified atom stereocenters. The van der Waals surface area contributed by atoms with Crippen molar-refractivity contribution in [3.63, 3.8) is 0 Å². The van der Waals surface area contributed by atoms with E-state index in [0.29, 0.717) is 5.92 Å². The third kappa shape index (κ3) is 2.04. The van der Waals surface area contributed by atoms with E-state index < -0.39 is 0 Å². The highest BCUT2D eigenvalue weighted by Crippen LogP contribution is 2.12. The summed E-state index contributed by atoms with van der Waals surface area (Å²) in [6.45, 7) is 4.82. The van der Waals surface area contributed by atoms with Gasteiger partial charge in [-0.25, -0.2) is 4.98 Å². The van der Waals surface area contributed by atoms with Crippen LogP contribution < -0.4 is 10.9 Å². The van der Waals surface area contributed by atoms with Crippen molar-refractivity contribution in [3.05, 3.63) is 40.4 Å². The summed E-state index contributed by atoms with van der Waals surface area (Å²) in [5, 5.41) is 4.05. The van der Waals surface area contributed by atoms with Crippen molar-refractivity contribution in [1.82, 2.24) is 14.9 Å². The van der Waals surface area contributed by atoms with Crippen molar-refractivity contribution < 1.29 is 0 Å². The Kier molecular flexibility index (Phi) is 2.88. The molecule has 0 saturated carbocycles. The van der Waals surface area contributed by atoms with Gasteiger partial charge in [-0.05, 0) is 44.5 Å². The summed E-state index contributed by atoms with van der Waals surface area (Å²) in [7, 11) is 0. The molecular weight excluding hydrogens is 226 g/mol. The number of rotatable bonds is 2. The van der Waals surface area contributed by atoms with Gasteiger partial charge in [0.25, 0.3) is 5.56 Å². The minimum Gasteiger partial charge on any atom is -0.316 e. The number of aromatic nitrogens is 2. The summed E-state index contributed by atoms with van der Waals surface area (Å²) in [6, 6.07) is 5.82. The molecule has 1 N–H and O–H groups in total. The Hall–Kier alpha value is -1.68. The number of aryl methyl sites for hydroxylation is 1. The number of fused-ring (bicyclic) bond motifs is 1. The zero-order valence-electron chi connectivity index (χ0n) is 10.5. The highest BCUT2D eigenvalue weighted by Gasteiger charge is 2.16. The van der Waals surface area contributed by atoms with Gasteiger partial charge >= 0.3 is 0 Å². The Morgan fingerprint density at radius 2 is 2.39 bits per heavy atom. The topological polar surface area (TPSA) is 46.9 Å². The third-order valence-corrected chi connectivity index (χ3v) is 3.60. The van der Waals surface area contributed by atoms with Gasteiger partial charge in [0, 0.05) is 6.54 Å². The first-order chi connectivity index (χ1) is 8.74. The van der Waals surface area contributed by atoms with Gasteiger partial charge in [0.05, 0.1) is 17.2 Å². The lowest BCUT2D eigenvalue weighted by Gasteiger charge is -2.11. The molecule has 1 fully saturated rings. The highest BCUT2D eigenvalue weighted by atomic mass is 16.1. The normalized spacial score (nSPS) is 19.5. The van der Waals surface area contributed by atoms with Gasteiger partial charge < -0.3 is 5.32 Å². The second-order valence-electron chi connectivity index (χ2n) is 5.08. The average molecular weight is 243 g/mol. The van der Waals surface area contributed by atoms with Crippen LogP contribution in [0.5, 0.6) is 0 Å². The summed E-state index contributed by atoms with van der Waals surface area (Å²) in [4.78, 5) is 16.7. The van der Waals surface area contributed by atoms with Crippen LogP contribution >= 0.6 is 0 Å². The fourth-order valence-corrected chi connectivity index (χ4v) is 2.55. The van der Waals surface area contributed by atoms with E-state index in [-0.39, 0.29) is 5.56 Å². The van der Waals surface area contributed by atoms with Crippen LogP contribution in [-0.2, 0) is 6.54 Å². The van der Waals surface area contributed by atoms with E-state index in [1.54, 1.807) is 10.9 Å². The van der Waals surface area contributed by atoms with Crippen molar-refractivity contribution in [2.75, 3.05) is 13.1 Å². The zero-order chi connectivity index (χ0) is 12.5. The number of hydrogen-bond donors (Lipinski definition) is 1. The van der Waals surface area contributed by atoms with E-state index in [1.165, 1.54) is 0 Å². The van der Waals surface area contributed by atoms with Crippen LogP contribution in [0.2, 0.25) is 0 Å². The lowest BCUT2D eigenvalue weighted by molar-refractivity contribution is 0.470. The van der Waals surface area contributed by atoms with Crippen LogP contribution in [0.25, 0.3) is 10.9 Å². The van der Waals surface area contributed by atoms with Crippen LogP contribution in [0.3, 0.4) is 0 Å². The molecule has 0 amide bonds. The Morgan fingerprint density at radius 3 is 3.17 bits per heavy atom. The summed E-state index contributed by atoms with van der Waals surface area (Å²) in [6.07, 6.45) is 2.82. The monoisotopic (exact) mass is 243 g/mol. The van der Waals surface area contributed by atoms with Crippen molar-refractivity contribution in [3.8, 4) is 0 Å². The summed E-state index contributed by atoms with van der Waals surface area (Å²) in [5.41, 5.74) is 1.96. The van der Waals surface area contributed by atoms with Crippen molar-refractivity contribution in [2.45, 2.75) is 19.9 Å². The van der Waals surface area contributed by atoms with Gasteiger partial charge in [0.1, 0.15) is 0 Å². The van der Waals surface area contributed by atoms with Gasteiger partial charge in [-0.2, -0.15) is 0 Å². The molecule has 1 aliphatic rings. The molecule has 0 aliphatic carbocycles. The van der Waals surface area contributed by atoms with E-state index in [9.17, 15) is 4.79 Å². The Bertz CT molecular complexity index is 626. The van der Waals surface area contributed by atoms with Gasteiger partial charge in [-0.15, -0.1) is 0 Å². The minimum absolute atomic E-state index is 0.0793. The average Bonchev–Trinajstić information content (AvgIpc) is 2.86. The Morgan fingerprint density at radius 1 is 1.50 bits per heavy atom. The Balaban J connectivity index is 2.02. The molecule has 2 heterocycles. The van der Waals surface area contributed by atoms with Crippen LogP contribution in [0.4, 0.5) is 0 Å². The van der Waals surface area contributed by atoms with Crippen molar-refractivity contribution >= 4 is 10.9 Å². The number of nitrogens with zero attached hydrogens (tertiary/aromatic N) is 2. The van der Waals surface area contributed by atoms with E-state index in [1.807, 2.05) is 25.1 Å². The Labute approximate surface area is 106 Å². The second-order valence-corrected chi connectivity index (χ2v) is 5.08. The standard InChI is InChI=1S/C14H17N3O/c1-10-2-3-13-12(6-10)14(18)17(9-16-13)8-11-4-5-15-7-11/h2-3,6,9,11,15H,4-5,7-8H2,1H3. The first kappa shape index (κ1) is 11.4. The molecule has 1 saturated heterocycles. The molecule has 3 rings (SSSR count). The predicted octanol–water partition coefficient (Wildman–Crippen LogP) is 1.31. The van der Waals surface area contributed by atoms with Crippen LogP contribution in [-0.4, -0.2) is 22.6 Å². The molecule has 94 valence electrons. The van der Waals surface area contributed by atoms with E-state index in [0.717, 1.165) is 42.5 Å². The lowest BCUT2D eigenvalue weighted by Crippen LogP contribution is -2.25. The van der Waals surface area contributed by atoms with Gasteiger partial charge in [0.15, 0.2) is 0 Å². The van der Waals surface area contributed by atoms with Gasteiger partial charge in [0.2, 0.25) is 0 Å². The predicted molar refractivity (Wildman–Crippen MR) is 71.7 cm³/mol. The fourth-order valence-electron chi connectivity index (χ4n) is 2.55. The van der Waals surface area contributed by atoms with E-state index in [2.05, 4.69) is 10.3 Å². The smallest absolute Gasteiger partial charge is 0.261 e. The zero-order valence-corrected chi connectivity index (χ0v) is 10.5. The van der Waals surface area contributed by atoms with Crippen LogP contribution in [0.15, 0.2) is 29.3 Å². The number of hydrogen-bond acceptors (Lipinski definition) is 3. The quantitative estimate of drug-likeness (QED) is 0.865. The maximum Gasteiger partial charge on any atom is 0.261 e. The van der Waals surface area contributed by atoms with Gasteiger partial charge in [-0.1, -0.05) is 11.6 Å². The molecule has 1 atom stereocenters. The molecule has 0 spiro atoms. The van der Waals surface area contributed by atoms with Crippen molar-refractivity contribution in [1.29, 1.82) is 0 Å². The first-order valence-corrected chi connectivity index (χ1v) is 6.40. The molecule has 2 aromatic rings. The van der Waals surface area contributed by atoms with Crippen molar-refractivity contribution in [2.24, 2.45) is 5.92 Å². The van der Waals surface area contributed by atoms with Gasteiger partial charge in [-0.3, -0.25) is 9.36 Å². The third-order valence-electron chi connectivity index (χ3n) is 3.60. The highest BCUT2D eigenvalue weighted by molar-refractivity contribution is 5.77. The molecule has 4 nitrogen and oxygen atoms in total. The molecule has 1 aliphatic heterocycles. The molecule has 1 aromatic heterocycles. The molecule has 0 bridgehead atoms. The van der Waals surface area contributed by atoms with Crippen LogP contribution in [0.1, 0.15) is 12.0 Å². The summed E-state index contributed by atoms with van der Waals surface area (Å²) >= 11 is 0. The minimum atomic E-state index is 0.0793. The largest absolute Gasteiger partial charge is 0.316 e. The van der Waals surface area contributed by atoms with E-state index in [4.69, 9.17) is 0 Å². The lowest BCUT2D eigenvalue weighted by atomic mass is 10.1. The summed E-state index contributed by atoms with van der Waals surface area (Å²) in [5.74, 6) is 0.548. The second kappa shape index (κ2) is 4.53. The fraction of sp³-hybridized carbons (Fsp3) is 0.429. The van der Waals surface area contributed by atoms with E-state index >= 15 is 0 Å². The maximum atomic E-state index is 12.4. The summed E-state index contributed by atoms with van der Waals surface area (Å²) < 4.78 is 1.75. The molecule has 1 aromatic carbocycles. The van der Waals surface area contributed by atoms with Crippen LogP contribution in [0, 0.1) is 12.8 Å². The first-order valence-electron chi connectivity index (χ1n) is 6.40. The number of nitrogens with one attached hydrogen (secondary N) is 1. The molecule has 4 heteroatoms. The molecule has 18 heavy (non-hydrogen) atoms. The molecular formula is C14H17N3O. The SMILES string of the molecule is Cc1ccc2ncn(CC3CCNC3)c(=O)c2c1. The molecule has 0 radical (unpaired) electrons.